The van der Waals surface area contributed by atoms with E-state index in [-0.39, 0.29) is 0 Å². The fourth-order valence-electron chi connectivity index (χ4n) is 1.34. The molecule has 0 aliphatic heterocycles. The minimum atomic E-state index is -3.77. The zero-order chi connectivity index (χ0) is 13.6. The van der Waals surface area contributed by atoms with Crippen LogP contribution in [0, 0.1) is 11.3 Å². The molecular formula is C12H14N2O3S. The van der Waals surface area contributed by atoms with Gasteiger partial charge in [-0.25, -0.2) is 8.42 Å². The first kappa shape index (κ1) is 14.4. The van der Waals surface area contributed by atoms with Gasteiger partial charge in [-0.1, -0.05) is 37.3 Å². The second-order valence-electron chi connectivity index (χ2n) is 3.76. The second kappa shape index (κ2) is 6.28. The van der Waals surface area contributed by atoms with Crippen molar-refractivity contribution in [3.05, 3.63) is 35.9 Å². The van der Waals surface area contributed by atoms with E-state index in [2.05, 4.69) is 4.72 Å². The lowest BCUT2D eigenvalue weighted by Crippen LogP contribution is -2.37. The topological polar surface area (TPSA) is 87.0 Å². The lowest BCUT2D eigenvalue weighted by molar-refractivity contribution is 0.102. The monoisotopic (exact) mass is 266 g/mol. The molecule has 0 fully saturated rings. The van der Waals surface area contributed by atoms with E-state index in [1.54, 1.807) is 37.3 Å². The largest absolute Gasteiger partial charge is 0.293 e. The van der Waals surface area contributed by atoms with Crippen molar-refractivity contribution in [3.8, 4) is 6.07 Å². The van der Waals surface area contributed by atoms with Crippen molar-refractivity contribution in [1.29, 1.82) is 5.26 Å². The summed E-state index contributed by atoms with van der Waals surface area (Å²) in [5.41, 5.74) is 0.341. The van der Waals surface area contributed by atoms with Crippen molar-refractivity contribution < 1.29 is 13.2 Å². The van der Waals surface area contributed by atoms with Crippen molar-refractivity contribution in [1.82, 2.24) is 4.72 Å². The van der Waals surface area contributed by atoms with E-state index in [1.165, 1.54) is 0 Å². The molecule has 0 heterocycles. The highest BCUT2D eigenvalue weighted by atomic mass is 32.2. The number of carbonyl (C=O) groups excluding carboxylic acids is 1. The number of hydrogen-bond acceptors (Lipinski definition) is 4. The number of benzene rings is 1. The average Bonchev–Trinajstić information content (AvgIpc) is 2.36. The molecule has 18 heavy (non-hydrogen) atoms. The van der Waals surface area contributed by atoms with Crippen LogP contribution in [0.1, 0.15) is 23.7 Å². The molecule has 0 amide bonds. The molecule has 1 unspecified atom stereocenters. The van der Waals surface area contributed by atoms with Gasteiger partial charge in [-0.2, -0.15) is 9.98 Å². The van der Waals surface area contributed by atoms with Crippen LogP contribution in [0.5, 0.6) is 0 Å². The average molecular weight is 266 g/mol. The third-order valence-electron chi connectivity index (χ3n) is 2.30. The first-order valence-electron chi connectivity index (χ1n) is 5.46. The Hall–Kier alpha value is -1.71. The summed E-state index contributed by atoms with van der Waals surface area (Å²) >= 11 is 0. The van der Waals surface area contributed by atoms with Gasteiger partial charge in [0.05, 0.1) is 6.07 Å². The molecule has 0 aliphatic carbocycles. The number of hydrogen-bond donors (Lipinski definition) is 1. The van der Waals surface area contributed by atoms with Gasteiger partial charge in [0.2, 0.25) is 10.0 Å². The van der Waals surface area contributed by atoms with E-state index in [0.29, 0.717) is 12.0 Å². The third kappa shape index (κ3) is 4.28. The second-order valence-corrected chi connectivity index (χ2v) is 5.51. The number of nitrogens with zero attached hydrogens (tertiary/aromatic N) is 1. The summed E-state index contributed by atoms with van der Waals surface area (Å²) in [5, 5.41) is 8.68. The summed E-state index contributed by atoms with van der Waals surface area (Å²) in [4.78, 5) is 11.7. The van der Waals surface area contributed by atoms with E-state index >= 15 is 0 Å². The molecule has 6 heteroatoms. The van der Waals surface area contributed by atoms with Crippen molar-refractivity contribution in [3.63, 3.8) is 0 Å². The highest BCUT2D eigenvalue weighted by molar-refractivity contribution is 7.90. The predicted octanol–water partition coefficient (Wildman–Crippen LogP) is 1.09. The van der Waals surface area contributed by atoms with Crippen molar-refractivity contribution in [2.45, 2.75) is 19.4 Å². The normalized spacial score (nSPS) is 12.7. The number of ketones is 1. The Morgan fingerprint density at radius 2 is 2.00 bits per heavy atom. The number of sulfonamides is 1. The summed E-state index contributed by atoms with van der Waals surface area (Å²) in [6.07, 6.45) is 0.356. The number of nitriles is 1. The van der Waals surface area contributed by atoms with Gasteiger partial charge in [0.25, 0.3) is 0 Å². The van der Waals surface area contributed by atoms with E-state index in [0.717, 1.165) is 0 Å². The fourth-order valence-corrected chi connectivity index (χ4v) is 2.59. The van der Waals surface area contributed by atoms with Crippen molar-refractivity contribution in [2.24, 2.45) is 0 Å². The summed E-state index contributed by atoms with van der Waals surface area (Å²) < 4.78 is 25.5. The minimum absolute atomic E-state index is 0.341. The van der Waals surface area contributed by atoms with Gasteiger partial charge in [0.1, 0.15) is 11.8 Å². The molecule has 0 aliphatic rings. The Balaban J connectivity index is 2.73. The Morgan fingerprint density at radius 3 is 2.50 bits per heavy atom. The maximum absolute atomic E-state index is 11.7. The molecule has 0 spiro atoms. The molecule has 0 aromatic heterocycles. The van der Waals surface area contributed by atoms with Crippen LogP contribution in [0.3, 0.4) is 0 Å². The SMILES string of the molecule is CCC(C#N)NS(=O)(=O)CC(=O)c1ccccc1. The van der Waals surface area contributed by atoms with Gasteiger partial charge in [0, 0.05) is 5.56 Å². The fraction of sp³-hybridized carbons (Fsp3) is 0.333. The highest BCUT2D eigenvalue weighted by Crippen LogP contribution is 2.03. The molecular weight excluding hydrogens is 252 g/mol. The van der Waals surface area contributed by atoms with Crippen LogP contribution < -0.4 is 4.72 Å². The molecule has 0 radical (unpaired) electrons. The van der Waals surface area contributed by atoms with E-state index in [4.69, 9.17) is 5.26 Å². The Labute approximate surface area is 106 Å². The van der Waals surface area contributed by atoms with Gasteiger partial charge < -0.3 is 0 Å². The smallest absolute Gasteiger partial charge is 0.220 e. The van der Waals surface area contributed by atoms with Crippen molar-refractivity contribution in [2.75, 3.05) is 5.75 Å². The van der Waals surface area contributed by atoms with E-state index < -0.39 is 27.6 Å². The lowest BCUT2D eigenvalue weighted by atomic mass is 10.2. The number of Topliss-reactive ketones (excluding diaryl/α,β-unsaturated/α-hetero) is 1. The van der Waals surface area contributed by atoms with Gasteiger partial charge in [-0.3, -0.25) is 4.79 Å². The zero-order valence-corrected chi connectivity index (χ0v) is 10.8. The molecule has 0 saturated carbocycles. The van der Waals surface area contributed by atoms with Crippen LogP contribution in [0.4, 0.5) is 0 Å². The van der Waals surface area contributed by atoms with Crippen LogP contribution in [0.2, 0.25) is 0 Å². The van der Waals surface area contributed by atoms with Gasteiger partial charge in [-0.05, 0) is 6.42 Å². The highest BCUT2D eigenvalue weighted by Gasteiger charge is 2.20. The summed E-state index contributed by atoms with van der Waals surface area (Å²) in [5.74, 6) is -1.13. The molecule has 1 N–H and O–H groups in total. The van der Waals surface area contributed by atoms with Crippen LogP contribution in [-0.2, 0) is 10.0 Å². The first-order valence-corrected chi connectivity index (χ1v) is 7.11. The molecule has 0 saturated heterocycles. The first-order chi connectivity index (χ1) is 8.48. The van der Waals surface area contributed by atoms with Crippen LogP contribution in [0.25, 0.3) is 0 Å². The molecule has 1 aromatic carbocycles. The third-order valence-corrected chi connectivity index (χ3v) is 3.59. The predicted molar refractivity (Wildman–Crippen MR) is 67.4 cm³/mol. The summed E-state index contributed by atoms with van der Waals surface area (Å²) in [6, 6.07) is 9.21. The molecule has 1 rings (SSSR count). The van der Waals surface area contributed by atoms with E-state index in [9.17, 15) is 13.2 Å². The van der Waals surface area contributed by atoms with Crippen LogP contribution in [-0.4, -0.2) is 26.0 Å². The molecule has 96 valence electrons. The number of rotatable bonds is 6. The maximum Gasteiger partial charge on any atom is 0.220 e. The zero-order valence-electron chi connectivity index (χ0n) is 9.96. The Kier molecular flexibility index (Phi) is 5.01. The van der Waals surface area contributed by atoms with Gasteiger partial charge in [-0.15, -0.1) is 0 Å². The van der Waals surface area contributed by atoms with Gasteiger partial charge in [0.15, 0.2) is 5.78 Å². The van der Waals surface area contributed by atoms with E-state index in [1.807, 2.05) is 6.07 Å². The van der Waals surface area contributed by atoms with Crippen LogP contribution in [0.15, 0.2) is 30.3 Å². The standard InChI is InChI=1S/C12H14N2O3S/c1-2-11(8-13)14-18(16,17)9-12(15)10-6-4-3-5-7-10/h3-7,11,14H,2,9H2,1H3. The maximum atomic E-state index is 11.7. The number of carbonyl (C=O) groups is 1. The number of nitrogens with one attached hydrogen (secondary N) is 1. The molecule has 5 nitrogen and oxygen atoms in total. The van der Waals surface area contributed by atoms with Gasteiger partial charge >= 0.3 is 0 Å². The minimum Gasteiger partial charge on any atom is -0.293 e. The molecule has 1 atom stereocenters. The quantitative estimate of drug-likeness (QED) is 0.781. The summed E-state index contributed by atoms with van der Waals surface area (Å²) in [6.45, 7) is 1.69. The van der Waals surface area contributed by atoms with Crippen molar-refractivity contribution >= 4 is 15.8 Å². The van der Waals surface area contributed by atoms with Crippen LogP contribution >= 0.6 is 0 Å². The summed E-state index contributed by atoms with van der Waals surface area (Å²) in [7, 11) is -3.77. The Morgan fingerprint density at radius 1 is 1.39 bits per heavy atom. The lowest BCUT2D eigenvalue weighted by Gasteiger charge is -2.09. The molecule has 1 aromatic rings. The Bertz CT molecular complexity index is 546. The molecule has 0 bridgehead atoms.